The zero-order valence-corrected chi connectivity index (χ0v) is 15.1. The van der Waals surface area contributed by atoms with Crippen molar-refractivity contribution in [1.82, 2.24) is 20.0 Å². The molecule has 1 unspecified atom stereocenters. The van der Waals surface area contributed by atoms with Gasteiger partial charge in [0.2, 0.25) is 5.13 Å². The van der Waals surface area contributed by atoms with Gasteiger partial charge < -0.3 is 4.90 Å². The zero-order valence-electron chi connectivity index (χ0n) is 13.5. The van der Waals surface area contributed by atoms with E-state index in [0.29, 0.717) is 5.92 Å². The van der Waals surface area contributed by atoms with E-state index in [9.17, 15) is 0 Å². The third kappa shape index (κ3) is 2.86. The van der Waals surface area contributed by atoms with Crippen molar-refractivity contribution in [3.05, 3.63) is 21.4 Å². The second kappa shape index (κ2) is 6.16. The van der Waals surface area contributed by atoms with E-state index in [4.69, 9.17) is 11.6 Å². The molecule has 0 saturated carbocycles. The summed E-state index contributed by atoms with van der Waals surface area (Å²) in [5.74, 6) is 0.523. The number of aromatic nitrogens is 4. The van der Waals surface area contributed by atoms with Crippen molar-refractivity contribution in [2.24, 2.45) is 5.92 Å². The summed E-state index contributed by atoms with van der Waals surface area (Å²) in [6.07, 6.45) is 2.24. The van der Waals surface area contributed by atoms with Crippen LogP contribution in [0.25, 0.3) is 0 Å². The van der Waals surface area contributed by atoms with E-state index in [1.807, 2.05) is 11.6 Å². The molecule has 120 valence electrons. The molecular formula is C15H22ClN5S. The van der Waals surface area contributed by atoms with Crippen molar-refractivity contribution in [2.75, 3.05) is 11.4 Å². The number of anilines is 1. The molecular weight excluding hydrogens is 318 g/mol. The number of hydrogen-bond acceptors (Lipinski definition) is 5. The lowest BCUT2D eigenvalue weighted by atomic mass is 10.1. The summed E-state index contributed by atoms with van der Waals surface area (Å²) >= 11 is 8.30. The number of rotatable bonds is 4. The molecule has 22 heavy (non-hydrogen) atoms. The van der Waals surface area contributed by atoms with Gasteiger partial charge in [-0.15, -0.1) is 10.2 Å². The predicted octanol–water partition coefficient (Wildman–Crippen LogP) is 4.00. The molecule has 2 aromatic rings. The molecule has 0 bridgehead atoms. The molecule has 1 aliphatic rings. The van der Waals surface area contributed by atoms with Gasteiger partial charge in [-0.2, -0.15) is 5.10 Å². The number of halogens is 1. The van der Waals surface area contributed by atoms with Crippen molar-refractivity contribution >= 4 is 28.1 Å². The van der Waals surface area contributed by atoms with Gasteiger partial charge in [-0.1, -0.05) is 36.8 Å². The van der Waals surface area contributed by atoms with Gasteiger partial charge in [0.15, 0.2) is 0 Å². The molecule has 1 aliphatic heterocycles. The molecule has 1 saturated heterocycles. The highest BCUT2D eigenvalue weighted by atomic mass is 35.5. The summed E-state index contributed by atoms with van der Waals surface area (Å²) in [6.45, 7) is 10.3. The van der Waals surface area contributed by atoms with Gasteiger partial charge in [0.1, 0.15) is 10.2 Å². The SMILES string of the molecule is Cc1nnc(N2CCCC2c2c(C)nn(CC(C)C)c2Cl)s1. The maximum Gasteiger partial charge on any atom is 0.208 e. The molecule has 2 aromatic heterocycles. The summed E-state index contributed by atoms with van der Waals surface area (Å²) in [4.78, 5) is 2.33. The highest BCUT2D eigenvalue weighted by Gasteiger charge is 2.33. The average molecular weight is 340 g/mol. The van der Waals surface area contributed by atoms with Gasteiger partial charge in [-0.25, -0.2) is 0 Å². The smallest absolute Gasteiger partial charge is 0.208 e. The van der Waals surface area contributed by atoms with Crippen LogP contribution in [0.5, 0.6) is 0 Å². The normalized spacial score (nSPS) is 18.6. The van der Waals surface area contributed by atoms with Crippen LogP contribution < -0.4 is 4.90 Å². The molecule has 0 aliphatic carbocycles. The fraction of sp³-hybridized carbons (Fsp3) is 0.667. The average Bonchev–Trinajstić information content (AvgIpc) is 3.11. The van der Waals surface area contributed by atoms with Gasteiger partial charge in [0.25, 0.3) is 0 Å². The molecule has 0 amide bonds. The quantitative estimate of drug-likeness (QED) is 0.844. The van der Waals surface area contributed by atoms with Crippen molar-refractivity contribution in [3.8, 4) is 0 Å². The third-order valence-electron chi connectivity index (χ3n) is 3.99. The van der Waals surface area contributed by atoms with Crippen LogP contribution in [0.15, 0.2) is 0 Å². The van der Waals surface area contributed by atoms with Gasteiger partial charge in [0.05, 0.1) is 11.7 Å². The number of hydrogen-bond donors (Lipinski definition) is 0. The molecule has 0 N–H and O–H groups in total. The molecule has 1 atom stereocenters. The summed E-state index contributed by atoms with van der Waals surface area (Å²) in [6, 6.07) is 0.265. The molecule has 7 heteroatoms. The molecule has 0 spiro atoms. The lowest BCUT2D eigenvalue weighted by Crippen LogP contribution is -2.23. The molecule has 5 nitrogen and oxygen atoms in total. The summed E-state index contributed by atoms with van der Waals surface area (Å²) in [5.41, 5.74) is 2.19. The van der Waals surface area contributed by atoms with E-state index < -0.39 is 0 Å². The van der Waals surface area contributed by atoms with Crippen molar-refractivity contribution in [3.63, 3.8) is 0 Å². The second-order valence-electron chi connectivity index (χ2n) is 6.32. The van der Waals surface area contributed by atoms with Crippen molar-refractivity contribution in [2.45, 2.75) is 53.1 Å². The van der Waals surface area contributed by atoms with Gasteiger partial charge in [-0.05, 0) is 32.6 Å². The first-order valence-electron chi connectivity index (χ1n) is 7.77. The first kappa shape index (κ1) is 15.7. The first-order valence-corrected chi connectivity index (χ1v) is 8.96. The van der Waals surface area contributed by atoms with Crippen LogP contribution in [0.3, 0.4) is 0 Å². The summed E-state index contributed by atoms with van der Waals surface area (Å²) in [5, 5.41) is 15.9. The zero-order chi connectivity index (χ0) is 15.9. The molecule has 3 heterocycles. The molecule has 0 aromatic carbocycles. The predicted molar refractivity (Wildman–Crippen MR) is 90.8 cm³/mol. The van der Waals surface area contributed by atoms with Crippen LogP contribution in [-0.2, 0) is 6.54 Å². The van der Waals surface area contributed by atoms with E-state index in [0.717, 1.165) is 52.5 Å². The fourth-order valence-corrected chi connectivity index (χ4v) is 4.24. The Morgan fingerprint density at radius 1 is 1.32 bits per heavy atom. The Kier molecular flexibility index (Phi) is 4.41. The van der Waals surface area contributed by atoms with E-state index in [1.165, 1.54) is 0 Å². The minimum atomic E-state index is 0.265. The lowest BCUT2D eigenvalue weighted by Gasteiger charge is -2.23. The Hall–Kier alpha value is -1.14. The van der Waals surface area contributed by atoms with Gasteiger partial charge in [-0.3, -0.25) is 4.68 Å². The minimum Gasteiger partial charge on any atom is -0.339 e. The van der Waals surface area contributed by atoms with E-state index in [2.05, 4.69) is 41.0 Å². The summed E-state index contributed by atoms with van der Waals surface area (Å²) in [7, 11) is 0. The second-order valence-corrected chi connectivity index (χ2v) is 7.84. The van der Waals surface area contributed by atoms with E-state index in [1.54, 1.807) is 11.3 Å². The van der Waals surface area contributed by atoms with Crippen LogP contribution in [0, 0.1) is 19.8 Å². The monoisotopic (exact) mass is 339 g/mol. The Morgan fingerprint density at radius 3 is 2.73 bits per heavy atom. The number of nitrogens with zero attached hydrogens (tertiary/aromatic N) is 5. The largest absolute Gasteiger partial charge is 0.339 e. The minimum absolute atomic E-state index is 0.265. The Balaban J connectivity index is 1.94. The Labute approximate surface area is 140 Å². The molecule has 3 rings (SSSR count). The van der Waals surface area contributed by atoms with Crippen LogP contribution >= 0.6 is 22.9 Å². The maximum absolute atomic E-state index is 6.65. The number of aryl methyl sites for hydroxylation is 2. The van der Waals surface area contributed by atoms with E-state index in [-0.39, 0.29) is 6.04 Å². The van der Waals surface area contributed by atoms with Crippen LogP contribution in [0.4, 0.5) is 5.13 Å². The maximum atomic E-state index is 6.65. The Bertz CT molecular complexity index is 663. The highest BCUT2D eigenvalue weighted by molar-refractivity contribution is 7.15. The van der Waals surface area contributed by atoms with Gasteiger partial charge in [0, 0.05) is 18.7 Å². The lowest BCUT2D eigenvalue weighted by molar-refractivity contribution is 0.481. The Morgan fingerprint density at radius 2 is 2.09 bits per heavy atom. The van der Waals surface area contributed by atoms with Gasteiger partial charge >= 0.3 is 0 Å². The first-order chi connectivity index (χ1) is 10.5. The van der Waals surface area contributed by atoms with E-state index >= 15 is 0 Å². The van der Waals surface area contributed by atoms with Crippen molar-refractivity contribution < 1.29 is 0 Å². The van der Waals surface area contributed by atoms with Crippen molar-refractivity contribution in [1.29, 1.82) is 0 Å². The molecule has 1 fully saturated rings. The summed E-state index contributed by atoms with van der Waals surface area (Å²) < 4.78 is 1.94. The van der Waals surface area contributed by atoms with Crippen LogP contribution in [0.1, 0.15) is 49.0 Å². The third-order valence-corrected chi connectivity index (χ3v) is 5.27. The topological polar surface area (TPSA) is 46.8 Å². The fourth-order valence-electron chi connectivity index (χ4n) is 3.11. The highest BCUT2D eigenvalue weighted by Crippen LogP contribution is 2.41. The standard InChI is InChI=1S/C15H22ClN5S/c1-9(2)8-21-14(16)13(10(3)19-21)12-6-5-7-20(12)15-18-17-11(4)22-15/h9,12H,5-8H2,1-4H3. The molecule has 0 radical (unpaired) electrons. The van der Waals surface area contributed by atoms with Crippen LogP contribution in [0.2, 0.25) is 5.15 Å². The van der Waals surface area contributed by atoms with Crippen LogP contribution in [-0.4, -0.2) is 26.5 Å².